The van der Waals surface area contributed by atoms with Gasteiger partial charge in [0, 0.05) is 7.05 Å². The van der Waals surface area contributed by atoms with Crippen LogP contribution in [0.25, 0.3) is 0 Å². The third-order valence-electron chi connectivity index (χ3n) is 0.977. The van der Waals surface area contributed by atoms with Crippen LogP contribution in [0.15, 0.2) is 11.3 Å². The summed E-state index contributed by atoms with van der Waals surface area (Å²) < 4.78 is 1.61. The quantitative estimate of drug-likeness (QED) is 0.393. The summed E-state index contributed by atoms with van der Waals surface area (Å²) in [4.78, 5) is 7.67. The van der Waals surface area contributed by atoms with Gasteiger partial charge in [-0.15, -0.1) is 0 Å². The lowest BCUT2D eigenvalue weighted by Gasteiger charge is -1.88. The molecule has 0 bridgehead atoms. The zero-order valence-electron chi connectivity index (χ0n) is 5.44. The summed E-state index contributed by atoms with van der Waals surface area (Å²) in [6.45, 7) is 1.87. The Morgan fingerprint density at radius 3 is 3.00 bits per heavy atom. The standard InChI is InChI=1S/C5H8N4/c1-5-7-3-8-9(5)4-6-2/h3-4H,1-2H3/b6-4-. The van der Waals surface area contributed by atoms with Crippen molar-refractivity contribution in [3.05, 3.63) is 12.2 Å². The van der Waals surface area contributed by atoms with Crippen LogP contribution in [0.5, 0.6) is 0 Å². The molecule has 0 N–H and O–H groups in total. The summed E-state index contributed by atoms with van der Waals surface area (Å²) in [6, 6.07) is 0. The molecule has 0 fully saturated rings. The van der Waals surface area contributed by atoms with Crippen molar-refractivity contribution in [1.82, 2.24) is 14.8 Å². The summed E-state index contributed by atoms with van der Waals surface area (Å²) in [7, 11) is 1.70. The number of aromatic nitrogens is 3. The van der Waals surface area contributed by atoms with Crippen molar-refractivity contribution >= 4 is 6.34 Å². The summed E-state index contributed by atoms with van der Waals surface area (Å²) in [5.41, 5.74) is 0. The van der Waals surface area contributed by atoms with E-state index in [2.05, 4.69) is 15.1 Å². The molecule has 0 aliphatic heterocycles. The maximum absolute atomic E-state index is 3.90. The van der Waals surface area contributed by atoms with Crippen molar-refractivity contribution < 1.29 is 0 Å². The van der Waals surface area contributed by atoms with Crippen molar-refractivity contribution in [2.24, 2.45) is 4.99 Å². The van der Waals surface area contributed by atoms with Gasteiger partial charge in [-0.3, -0.25) is 4.99 Å². The average Bonchev–Trinajstić information content (AvgIpc) is 2.18. The molecule has 4 heteroatoms. The first-order valence-electron chi connectivity index (χ1n) is 2.63. The minimum atomic E-state index is 0.848. The van der Waals surface area contributed by atoms with Crippen molar-refractivity contribution in [2.45, 2.75) is 6.92 Å². The molecule has 0 atom stereocenters. The van der Waals surface area contributed by atoms with Crippen molar-refractivity contribution in [1.29, 1.82) is 0 Å². The number of hydrogen-bond acceptors (Lipinski definition) is 3. The highest BCUT2D eigenvalue weighted by Crippen LogP contribution is 1.83. The average molecular weight is 124 g/mol. The van der Waals surface area contributed by atoms with Crippen molar-refractivity contribution in [2.75, 3.05) is 7.05 Å². The highest BCUT2D eigenvalue weighted by Gasteiger charge is 1.90. The van der Waals surface area contributed by atoms with Crippen LogP contribution >= 0.6 is 0 Å². The van der Waals surface area contributed by atoms with E-state index in [1.807, 2.05) is 6.92 Å². The van der Waals surface area contributed by atoms with E-state index in [4.69, 9.17) is 0 Å². The van der Waals surface area contributed by atoms with E-state index in [9.17, 15) is 0 Å². The fourth-order valence-electron chi connectivity index (χ4n) is 0.530. The molecule has 1 heterocycles. The minimum absolute atomic E-state index is 0.848. The number of rotatable bonds is 1. The van der Waals surface area contributed by atoms with E-state index in [0.29, 0.717) is 0 Å². The first kappa shape index (κ1) is 5.94. The van der Waals surface area contributed by atoms with Gasteiger partial charge in [-0.1, -0.05) is 0 Å². The lowest BCUT2D eigenvalue weighted by molar-refractivity contribution is 0.908. The fourth-order valence-corrected chi connectivity index (χ4v) is 0.530. The SMILES string of the molecule is C/N=C\n1ncnc1C. The van der Waals surface area contributed by atoms with E-state index < -0.39 is 0 Å². The second kappa shape index (κ2) is 2.39. The molecule has 9 heavy (non-hydrogen) atoms. The lowest BCUT2D eigenvalue weighted by Crippen LogP contribution is -1.99. The lowest BCUT2D eigenvalue weighted by atomic mass is 10.7. The Morgan fingerprint density at radius 2 is 2.56 bits per heavy atom. The molecule has 0 amide bonds. The van der Waals surface area contributed by atoms with Crippen LogP contribution in [0.1, 0.15) is 5.82 Å². The van der Waals surface area contributed by atoms with E-state index >= 15 is 0 Å². The Hall–Kier alpha value is -1.19. The Balaban J connectivity index is 2.94. The Bertz CT molecular complexity index is 212. The predicted octanol–water partition coefficient (Wildman–Crippen LogP) is 0.0927. The Morgan fingerprint density at radius 1 is 1.78 bits per heavy atom. The van der Waals surface area contributed by atoms with Crippen LogP contribution in [-0.2, 0) is 0 Å². The van der Waals surface area contributed by atoms with E-state index in [1.54, 1.807) is 18.1 Å². The molecule has 4 nitrogen and oxygen atoms in total. The summed E-state index contributed by atoms with van der Waals surface area (Å²) in [6.07, 6.45) is 3.11. The Kier molecular flexibility index (Phi) is 1.58. The minimum Gasteiger partial charge on any atom is -0.277 e. The molecule has 0 aromatic carbocycles. The Labute approximate surface area is 53.2 Å². The van der Waals surface area contributed by atoms with Crippen molar-refractivity contribution in [3.8, 4) is 0 Å². The van der Waals surface area contributed by atoms with Gasteiger partial charge in [-0.05, 0) is 6.92 Å². The molecular weight excluding hydrogens is 116 g/mol. The number of nitrogens with zero attached hydrogens (tertiary/aromatic N) is 4. The van der Waals surface area contributed by atoms with Crippen LogP contribution in [0.4, 0.5) is 0 Å². The molecule has 0 radical (unpaired) electrons. The molecule has 48 valence electrons. The summed E-state index contributed by atoms with van der Waals surface area (Å²) >= 11 is 0. The molecule has 0 saturated carbocycles. The monoisotopic (exact) mass is 124 g/mol. The zero-order chi connectivity index (χ0) is 6.69. The second-order valence-electron chi connectivity index (χ2n) is 1.63. The van der Waals surface area contributed by atoms with Gasteiger partial charge in [-0.25, -0.2) is 9.67 Å². The van der Waals surface area contributed by atoms with Crippen LogP contribution < -0.4 is 0 Å². The molecule has 0 aliphatic carbocycles. The van der Waals surface area contributed by atoms with Crippen LogP contribution in [0, 0.1) is 6.92 Å². The summed E-state index contributed by atoms with van der Waals surface area (Å²) in [5, 5.41) is 3.86. The van der Waals surface area contributed by atoms with Crippen LogP contribution in [0.3, 0.4) is 0 Å². The first-order valence-corrected chi connectivity index (χ1v) is 2.63. The first-order chi connectivity index (χ1) is 4.34. The van der Waals surface area contributed by atoms with Gasteiger partial charge in [-0.2, -0.15) is 5.10 Å². The maximum atomic E-state index is 3.90. The predicted molar refractivity (Wildman–Crippen MR) is 34.6 cm³/mol. The molecule has 0 aliphatic rings. The highest BCUT2D eigenvalue weighted by atomic mass is 15.3. The number of aryl methyl sites for hydroxylation is 1. The van der Waals surface area contributed by atoms with Gasteiger partial charge in [0.25, 0.3) is 0 Å². The van der Waals surface area contributed by atoms with E-state index in [0.717, 1.165) is 5.82 Å². The highest BCUT2D eigenvalue weighted by molar-refractivity contribution is 5.56. The molecule has 0 saturated heterocycles. The normalized spacial score (nSPS) is 10.9. The van der Waals surface area contributed by atoms with Gasteiger partial charge >= 0.3 is 0 Å². The van der Waals surface area contributed by atoms with E-state index in [-0.39, 0.29) is 0 Å². The molecule has 1 aromatic rings. The van der Waals surface area contributed by atoms with Gasteiger partial charge in [0.15, 0.2) is 0 Å². The second-order valence-corrected chi connectivity index (χ2v) is 1.63. The molecule has 1 aromatic heterocycles. The number of hydrogen-bond donors (Lipinski definition) is 0. The van der Waals surface area contributed by atoms with Gasteiger partial charge < -0.3 is 0 Å². The molecule has 0 unspecified atom stereocenters. The van der Waals surface area contributed by atoms with Gasteiger partial charge in [0.05, 0.1) is 0 Å². The summed E-state index contributed by atoms with van der Waals surface area (Å²) in [5.74, 6) is 0.848. The maximum Gasteiger partial charge on any atom is 0.138 e. The third-order valence-corrected chi connectivity index (χ3v) is 0.977. The molecule has 0 spiro atoms. The zero-order valence-corrected chi connectivity index (χ0v) is 5.44. The van der Waals surface area contributed by atoms with Gasteiger partial charge in [0.2, 0.25) is 0 Å². The third kappa shape index (κ3) is 1.13. The van der Waals surface area contributed by atoms with Crippen LogP contribution in [-0.4, -0.2) is 28.2 Å². The smallest absolute Gasteiger partial charge is 0.138 e. The van der Waals surface area contributed by atoms with Crippen molar-refractivity contribution in [3.63, 3.8) is 0 Å². The topological polar surface area (TPSA) is 43.1 Å². The fraction of sp³-hybridized carbons (Fsp3) is 0.400. The van der Waals surface area contributed by atoms with E-state index in [1.165, 1.54) is 6.33 Å². The molecular formula is C5H8N4. The van der Waals surface area contributed by atoms with Crippen LogP contribution in [0.2, 0.25) is 0 Å². The number of aliphatic imine (C=N–C) groups is 1. The largest absolute Gasteiger partial charge is 0.277 e. The molecule has 1 rings (SSSR count). The van der Waals surface area contributed by atoms with Gasteiger partial charge in [0.1, 0.15) is 18.5 Å².